The monoisotopic (exact) mass is 169 g/mol. The fraction of sp³-hybridized carbons (Fsp3) is 0.900. The molecule has 0 saturated carbocycles. The molecule has 12 heavy (non-hydrogen) atoms. The van der Waals surface area contributed by atoms with Crippen LogP contribution in [0.2, 0.25) is 0 Å². The van der Waals surface area contributed by atoms with Gasteiger partial charge in [-0.25, -0.2) is 0 Å². The standard InChI is InChI=1S/C10H19NO/c1-3-9(4-2)10(12)11-7-5-6-8-11/h9H,3-8H2,1-2H3. The second kappa shape index (κ2) is 4.48. The molecular formula is C10H19NO. The van der Waals surface area contributed by atoms with Crippen LogP contribution < -0.4 is 0 Å². The molecule has 0 radical (unpaired) electrons. The maximum atomic E-state index is 11.7. The van der Waals surface area contributed by atoms with Crippen LogP contribution in [-0.2, 0) is 4.79 Å². The lowest BCUT2D eigenvalue weighted by Gasteiger charge is -2.20. The van der Waals surface area contributed by atoms with Crippen LogP contribution in [0.1, 0.15) is 39.5 Å². The first-order chi connectivity index (χ1) is 5.79. The van der Waals surface area contributed by atoms with Crippen molar-refractivity contribution < 1.29 is 4.79 Å². The maximum absolute atomic E-state index is 11.7. The minimum Gasteiger partial charge on any atom is -0.342 e. The van der Waals surface area contributed by atoms with Crippen molar-refractivity contribution in [3.63, 3.8) is 0 Å². The summed E-state index contributed by atoms with van der Waals surface area (Å²) in [6.45, 7) is 6.19. The van der Waals surface area contributed by atoms with Crippen molar-refractivity contribution in [3.05, 3.63) is 0 Å². The van der Waals surface area contributed by atoms with E-state index in [0.717, 1.165) is 25.9 Å². The summed E-state index contributed by atoms with van der Waals surface area (Å²) in [5, 5.41) is 0. The highest BCUT2D eigenvalue weighted by Gasteiger charge is 2.23. The smallest absolute Gasteiger partial charge is 0.225 e. The van der Waals surface area contributed by atoms with Gasteiger partial charge in [-0.3, -0.25) is 4.79 Å². The van der Waals surface area contributed by atoms with Crippen LogP contribution in [0.3, 0.4) is 0 Å². The van der Waals surface area contributed by atoms with E-state index in [2.05, 4.69) is 13.8 Å². The summed E-state index contributed by atoms with van der Waals surface area (Å²) in [6, 6.07) is 0. The first-order valence-electron chi connectivity index (χ1n) is 5.08. The number of amides is 1. The molecule has 0 unspecified atom stereocenters. The fourth-order valence-corrected chi connectivity index (χ4v) is 1.83. The zero-order valence-corrected chi connectivity index (χ0v) is 8.18. The van der Waals surface area contributed by atoms with E-state index in [1.165, 1.54) is 12.8 Å². The topological polar surface area (TPSA) is 20.3 Å². The van der Waals surface area contributed by atoms with Gasteiger partial charge in [0.1, 0.15) is 0 Å². The number of rotatable bonds is 3. The molecule has 0 aromatic heterocycles. The number of nitrogens with zero attached hydrogens (tertiary/aromatic N) is 1. The minimum absolute atomic E-state index is 0.281. The summed E-state index contributed by atoms with van der Waals surface area (Å²) in [6.07, 6.45) is 4.38. The van der Waals surface area contributed by atoms with Crippen molar-refractivity contribution in [3.8, 4) is 0 Å². The lowest BCUT2D eigenvalue weighted by atomic mass is 10.0. The summed E-state index contributed by atoms with van der Waals surface area (Å²) in [7, 11) is 0. The van der Waals surface area contributed by atoms with Gasteiger partial charge >= 0.3 is 0 Å². The normalized spacial score (nSPS) is 17.4. The van der Waals surface area contributed by atoms with Gasteiger partial charge in [-0.1, -0.05) is 13.8 Å². The van der Waals surface area contributed by atoms with Crippen LogP contribution in [0, 0.1) is 5.92 Å². The Morgan fingerprint density at radius 1 is 1.25 bits per heavy atom. The van der Waals surface area contributed by atoms with Crippen LogP contribution in [0.25, 0.3) is 0 Å². The van der Waals surface area contributed by atoms with E-state index in [0.29, 0.717) is 5.91 Å². The highest BCUT2D eigenvalue weighted by Crippen LogP contribution is 2.16. The van der Waals surface area contributed by atoms with Crippen molar-refractivity contribution in [2.45, 2.75) is 39.5 Å². The van der Waals surface area contributed by atoms with Gasteiger partial charge in [-0.05, 0) is 25.7 Å². The van der Waals surface area contributed by atoms with Crippen molar-refractivity contribution in [1.82, 2.24) is 4.90 Å². The van der Waals surface area contributed by atoms with E-state index in [1.54, 1.807) is 0 Å². The van der Waals surface area contributed by atoms with E-state index >= 15 is 0 Å². The zero-order chi connectivity index (χ0) is 8.97. The van der Waals surface area contributed by atoms with Crippen LogP contribution in [0.5, 0.6) is 0 Å². The van der Waals surface area contributed by atoms with Crippen molar-refractivity contribution in [1.29, 1.82) is 0 Å². The molecule has 1 aliphatic rings. The van der Waals surface area contributed by atoms with E-state index < -0.39 is 0 Å². The van der Waals surface area contributed by atoms with Crippen molar-refractivity contribution in [2.24, 2.45) is 5.92 Å². The van der Waals surface area contributed by atoms with Gasteiger partial charge in [-0.15, -0.1) is 0 Å². The molecule has 1 aliphatic heterocycles. The third-order valence-electron chi connectivity index (χ3n) is 2.75. The Hall–Kier alpha value is -0.530. The number of carbonyl (C=O) groups is 1. The van der Waals surface area contributed by atoms with E-state index in [9.17, 15) is 4.79 Å². The van der Waals surface area contributed by atoms with Gasteiger partial charge in [0.25, 0.3) is 0 Å². The molecule has 2 heteroatoms. The second-order valence-electron chi connectivity index (χ2n) is 3.55. The van der Waals surface area contributed by atoms with Crippen molar-refractivity contribution in [2.75, 3.05) is 13.1 Å². The zero-order valence-electron chi connectivity index (χ0n) is 8.18. The molecule has 0 aromatic rings. The SMILES string of the molecule is CCC(CC)C(=O)N1CCCC1. The third-order valence-corrected chi connectivity index (χ3v) is 2.75. The van der Waals surface area contributed by atoms with Gasteiger partial charge in [0.05, 0.1) is 0 Å². The average molecular weight is 169 g/mol. The predicted octanol–water partition coefficient (Wildman–Crippen LogP) is 2.04. The highest BCUT2D eigenvalue weighted by atomic mass is 16.2. The molecule has 0 atom stereocenters. The maximum Gasteiger partial charge on any atom is 0.225 e. The number of likely N-dealkylation sites (tertiary alicyclic amines) is 1. The Kier molecular flexibility index (Phi) is 3.57. The summed E-state index contributed by atoms with van der Waals surface area (Å²) in [4.78, 5) is 13.8. The summed E-state index contributed by atoms with van der Waals surface area (Å²) < 4.78 is 0. The lowest BCUT2D eigenvalue weighted by molar-refractivity contribution is -0.134. The number of carbonyl (C=O) groups excluding carboxylic acids is 1. The molecule has 0 aromatic carbocycles. The number of hydrogen-bond acceptors (Lipinski definition) is 1. The molecule has 0 aliphatic carbocycles. The average Bonchev–Trinajstić information content (AvgIpc) is 2.58. The van der Waals surface area contributed by atoms with E-state index in [4.69, 9.17) is 0 Å². The first-order valence-corrected chi connectivity index (χ1v) is 5.08. The largest absolute Gasteiger partial charge is 0.342 e. The second-order valence-corrected chi connectivity index (χ2v) is 3.55. The predicted molar refractivity (Wildman–Crippen MR) is 49.9 cm³/mol. The van der Waals surface area contributed by atoms with Crippen LogP contribution in [-0.4, -0.2) is 23.9 Å². The molecular weight excluding hydrogens is 150 g/mol. The van der Waals surface area contributed by atoms with Crippen LogP contribution in [0.15, 0.2) is 0 Å². The van der Waals surface area contributed by atoms with E-state index in [-0.39, 0.29) is 5.92 Å². The molecule has 1 heterocycles. The summed E-state index contributed by atoms with van der Waals surface area (Å²) >= 11 is 0. The van der Waals surface area contributed by atoms with E-state index in [1.807, 2.05) is 4.90 Å². The van der Waals surface area contributed by atoms with Gasteiger partial charge in [-0.2, -0.15) is 0 Å². The molecule has 1 fully saturated rings. The molecule has 0 N–H and O–H groups in total. The Morgan fingerprint density at radius 2 is 1.75 bits per heavy atom. The molecule has 0 spiro atoms. The lowest BCUT2D eigenvalue weighted by Crippen LogP contribution is -2.33. The van der Waals surface area contributed by atoms with Crippen molar-refractivity contribution >= 4 is 5.91 Å². The van der Waals surface area contributed by atoms with Gasteiger partial charge < -0.3 is 4.90 Å². The van der Waals surface area contributed by atoms with Gasteiger partial charge in [0.15, 0.2) is 0 Å². The van der Waals surface area contributed by atoms with Gasteiger partial charge in [0.2, 0.25) is 5.91 Å². The van der Waals surface area contributed by atoms with Crippen LogP contribution >= 0.6 is 0 Å². The Balaban J connectivity index is 2.43. The Morgan fingerprint density at radius 3 is 2.17 bits per heavy atom. The summed E-state index contributed by atoms with van der Waals surface area (Å²) in [5.74, 6) is 0.667. The van der Waals surface area contributed by atoms with Gasteiger partial charge in [0, 0.05) is 19.0 Å². The molecule has 0 bridgehead atoms. The molecule has 70 valence electrons. The molecule has 2 nitrogen and oxygen atoms in total. The Labute approximate surface area is 74.9 Å². The number of hydrogen-bond donors (Lipinski definition) is 0. The quantitative estimate of drug-likeness (QED) is 0.633. The minimum atomic E-state index is 0.281. The molecule has 1 saturated heterocycles. The molecule has 1 rings (SSSR count). The Bertz CT molecular complexity index is 142. The first kappa shape index (κ1) is 9.56. The molecule has 1 amide bonds. The summed E-state index contributed by atoms with van der Waals surface area (Å²) in [5.41, 5.74) is 0. The fourth-order valence-electron chi connectivity index (χ4n) is 1.83. The third kappa shape index (κ3) is 1.99. The van der Waals surface area contributed by atoms with Crippen LogP contribution in [0.4, 0.5) is 0 Å². The highest BCUT2D eigenvalue weighted by molar-refractivity contribution is 5.78.